The van der Waals surface area contributed by atoms with Gasteiger partial charge in [0.2, 0.25) is 5.91 Å². The molecule has 0 saturated heterocycles. The van der Waals surface area contributed by atoms with E-state index in [4.69, 9.17) is 0 Å². The van der Waals surface area contributed by atoms with E-state index >= 15 is 0 Å². The lowest BCUT2D eigenvalue weighted by Gasteiger charge is -2.38. The Labute approximate surface area is 253 Å². The molecule has 0 fully saturated rings. The van der Waals surface area contributed by atoms with Crippen LogP contribution in [0.25, 0.3) is 5.69 Å². The van der Waals surface area contributed by atoms with Crippen molar-refractivity contribution in [3.05, 3.63) is 113 Å². The first-order chi connectivity index (χ1) is 21.3. The van der Waals surface area contributed by atoms with E-state index in [-0.39, 0.29) is 30.2 Å². The number of benzene rings is 3. The summed E-state index contributed by atoms with van der Waals surface area (Å²) in [5, 5.41) is 6.97. The van der Waals surface area contributed by atoms with Crippen LogP contribution in [0.1, 0.15) is 52.0 Å². The lowest BCUT2D eigenvalue weighted by Crippen LogP contribution is -2.45. The predicted molar refractivity (Wildman–Crippen MR) is 151 cm³/mol. The first-order valence-electron chi connectivity index (χ1n) is 14.0. The van der Waals surface area contributed by atoms with Gasteiger partial charge < -0.3 is 5.32 Å². The quantitative estimate of drug-likeness (QED) is 0.158. The molecule has 1 aliphatic heterocycles. The average molecular weight is 633 g/mol. The summed E-state index contributed by atoms with van der Waals surface area (Å²) < 4.78 is 95.0. The van der Waals surface area contributed by atoms with Gasteiger partial charge >= 0.3 is 12.4 Å². The number of hydrogen-bond donors (Lipinski definition) is 1. The van der Waals surface area contributed by atoms with Crippen LogP contribution in [0, 0.1) is 11.7 Å². The minimum absolute atomic E-state index is 0.0875. The van der Waals surface area contributed by atoms with Crippen LogP contribution in [0.4, 0.5) is 36.6 Å². The van der Waals surface area contributed by atoms with E-state index in [0.717, 1.165) is 24.3 Å². The molecule has 6 nitrogen and oxygen atoms in total. The summed E-state index contributed by atoms with van der Waals surface area (Å²) in [5.74, 6) is -3.77. The molecule has 0 unspecified atom stereocenters. The number of alkyl halides is 6. The summed E-state index contributed by atoms with van der Waals surface area (Å²) in [4.78, 5) is 29.1. The molecule has 0 saturated carbocycles. The van der Waals surface area contributed by atoms with Crippen LogP contribution >= 0.6 is 0 Å². The molecule has 45 heavy (non-hydrogen) atoms. The number of aromatic nitrogens is 2. The third kappa shape index (κ3) is 6.77. The van der Waals surface area contributed by atoms with Crippen molar-refractivity contribution in [2.75, 3.05) is 18.0 Å². The van der Waals surface area contributed by atoms with Crippen molar-refractivity contribution in [1.29, 1.82) is 0 Å². The summed E-state index contributed by atoms with van der Waals surface area (Å²) in [7, 11) is 0. The molecule has 1 N–H and O–H groups in total. The zero-order chi connectivity index (χ0) is 32.5. The van der Waals surface area contributed by atoms with Crippen LogP contribution in [0.15, 0.2) is 78.9 Å². The second-order valence-corrected chi connectivity index (χ2v) is 10.6. The number of halogens is 7. The summed E-state index contributed by atoms with van der Waals surface area (Å²) in [6.07, 6.45) is -9.75. The van der Waals surface area contributed by atoms with Gasteiger partial charge in [0.15, 0.2) is 5.78 Å². The average Bonchev–Trinajstić information content (AvgIpc) is 3.36. The van der Waals surface area contributed by atoms with Crippen LogP contribution in [-0.4, -0.2) is 40.7 Å². The molecule has 4 aromatic rings. The molecule has 1 aliphatic rings. The normalized spacial score (nSPS) is 17.0. The van der Waals surface area contributed by atoms with Gasteiger partial charge in [-0.3, -0.25) is 14.5 Å². The van der Waals surface area contributed by atoms with Gasteiger partial charge in [0.25, 0.3) is 0 Å². The molecule has 1 aromatic heterocycles. The fraction of sp³-hybridized carbons (Fsp3) is 0.281. The van der Waals surface area contributed by atoms with Gasteiger partial charge in [-0.15, -0.1) is 0 Å². The Morgan fingerprint density at radius 1 is 0.933 bits per heavy atom. The molecule has 3 aromatic carbocycles. The lowest BCUT2D eigenvalue weighted by molar-refractivity contribution is -0.137. The number of fused-ring (bicyclic) bond motifs is 1. The first kappa shape index (κ1) is 31.9. The lowest BCUT2D eigenvalue weighted by atomic mass is 9.74. The maximum atomic E-state index is 14.2. The van der Waals surface area contributed by atoms with Gasteiger partial charge in [0, 0.05) is 36.6 Å². The van der Waals surface area contributed by atoms with Crippen molar-refractivity contribution >= 4 is 17.5 Å². The summed E-state index contributed by atoms with van der Waals surface area (Å²) >= 11 is 0. The largest absolute Gasteiger partial charge is 0.416 e. The molecule has 236 valence electrons. The fourth-order valence-corrected chi connectivity index (χ4v) is 5.66. The van der Waals surface area contributed by atoms with Gasteiger partial charge in [-0.05, 0) is 48.9 Å². The highest BCUT2D eigenvalue weighted by Crippen LogP contribution is 2.47. The molecule has 0 spiro atoms. The van der Waals surface area contributed by atoms with Crippen molar-refractivity contribution < 1.29 is 40.3 Å². The van der Waals surface area contributed by atoms with Gasteiger partial charge in [0.05, 0.1) is 29.4 Å². The Kier molecular flexibility index (Phi) is 8.83. The Morgan fingerprint density at radius 3 is 2.24 bits per heavy atom. The highest BCUT2D eigenvalue weighted by molar-refractivity contribution is 6.04. The number of carbonyl (C=O) groups is 2. The predicted octanol–water partition coefficient (Wildman–Crippen LogP) is 7.07. The second kappa shape index (κ2) is 12.5. The molecule has 1 amide bonds. The van der Waals surface area contributed by atoms with Gasteiger partial charge in [-0.2, -0.15) is 31.4 Å². The van der Waals surface area contributed by atoms with Gasteiger partial charge in [0.1, 0.15) is 11.6 Å². The van der Waals surface area contributed by atoms with Crippen LogP contribution in [0.2, 0.25) is 0 Å². The highest BCUT2D eigenvalue weighted by Gasteiger charge is 2.46. The van der Waals surface area contributed by atoms with E-state index in [1.54, 1.807) is 37.3 Å². The van der Waals surface area contributed by atoms with Crippen LogP contribution in [-0.2, 0) is 17.5 Å². The number of anilines is 1. The van der Waals surface area contributed by atoms with E-state index in [1.807, 2.05) is 0 Å². The highest BCUT2D eigenvalue weighted by atomic mass is 19.4. The van der Waals surface area contributed by atoms with Crippen molar-refractivity contribution in [2.45, 2.75) is 38.2 Å². The molecule has 0 aliphatic carbocycles. The second-order valence-electron chi connectivity index (χ2n) is 10.6. The van der Waals surface area contributed by atoms with Crippen molar-refractivity contribution in [3.63, 3.8) is 0 Å². The van der Waals surface area contributed by atoms with Gasteiger partial charge in [-0.25, -0.2) is 9.07 Å². The van der Waals surface area contributed by atoms with Crippen molar-refractivity contribution in [3.8, 4) is 5.69 Å². The Hall–Kier alpha value is -4.52. The number of Topliss-reactive ketones (excluding diaryl/α,β-unsaturated/α-hetero) is 1. The monoisotopic (exact) mass is 632 g/mol. The molecule has 2 atom stereocenters. The van der Waals surface area contributed by atoms with E-state index in [2.05, 4.69) is 10.4 Å². The summed E-state index contributed by atoms with van der Waals surface area (Å²) in [6, 6.07) is 17.6. The molecule has 0 bridgehead atoms. The summed E-state index contributed by atoms with van der Waals surface area (Å²) in [5.41, 5.74) is 0.124. The van der Waals surface area contributed by atoms with E-state index in [1.165, 1.54) is 27.8 Å². The van der Waals surface area contributed by atoms with Gasteiger partial charge in [-0.1, -0.05) is 42.5 Å². The summed E-state index contributed by atoms with van der Waals surface area (Å²) in [6.45, 7) is 0.0775. The SMILES string of the molecule is CCN1C(=O)[C@@H](CC(=O)c2cccc(C(F)(F)F)c2)[C@@H](c2ccc(F)cc2)c2c(CNCC(F)(F)F)nn(-c3ccccc3)c21. The number of para-hydroxylation sites is 1. The fourth-order valence-electron chi connectivity index (χ4n) is 5.66. The van der Waals surface area contributed by atoms with E-state index in [9.17, 15) is 40.3 Å². The van der Waals surface area contributed by atoms with Crippen molar-refractivity contribution in [2.24, 2.45) is 5.92 Å². The number of rotatable bonds is 9. The zero-order valence-corrected chi connectivity index (χ0v) is 23.8. The number of nitrogens with one attached hydrogen (secondary N) is 1. The standard InChI is InChI=1S/C32H27F7N4O2/c1-2-42-29-28(25(17-40-18-31(34,35)36)41-43(29)23-9-4-3-5-10-23)27(19-11-13-22(33)14-12-19)24(30(42)45)16-26(44)20-7-6-8-21(15-20)32(37,38)39/h3-15,24,27,40H,2,16-18H2,1H3/t24-,27+/m0/s1. The minimum Gasteiger partial charge on any atom is -0.303 e. The van der Waals surface area contributed by atoms with Crippen molar-refractivity contribution in [1.82, 2.24) is 15.1 Å². The Balaban J connectivity index is 1.68. The molecule has 5 rings (SSSR count). The van der Waals surface area contributed by atoms with E-state index in [0.29, 0.717) is 22.9 Å². The first-order valence-corrected chi connectivity index (χ1v) is 14.0. The van der Waals surface area contributed by atoms with Crippen LogP contribution < -0.4 is 10.2 Å². The third-order valence-electron chi connectivity index (χ3n) is 7.61. The maximum Gasteiger partial charge on any atom is 0.416 e. The zero-order valence-electron chi connectivity index (χ0n) is 23.8. The molecular formula is C32H27F7N4O2. The number of amides is 1. The number of ketones is 1. The Bertz CT molecular complexity index is 1680. The third-order valence-corrected chi connectivity index (χ3v) is 7.61. The number of nitrogens with zero attached hydrogens (tertiary/aromatic N) is 3. The molecule has 13 heteroatoms. The smallest absolute Gasteiger partial charge is 0.303 e. The number of hydrogen-bond acceptors (Lipinski definition) is 4. The molecular weight excluding hydrogens is 605 g/mol. The number of carbonyl (C=O) groups excluding carboxylic acids is 2. The molecule has 0 radical (unpaired) electrons. The maximum absolute atomic E-state index is 14.2. The van der Waals surface area contributed by atoms with Crippen LogP contribution in [0.5, 0.6) is 0 Å². The minimum atomic E-state index is -4.70. The van der Waals surface area contributed by atoms with E-state index < -0.39 is 60.2 Å². The topological polar surface area (TPSA) is 67.2 Å². The molecule has 2 heterocycles. The Morgan fingerprint density at radius 2 is 1.62 bits per heavy atom. The van der Waals surface area contributed by atoms with Crippen LogP contribution in [0.3, 0.4) is 0 Å².